The second-order valence-corrected chi connectivity index (χ2v) is 4.87. The zero-order valence-electron chi connectivity index (χ0n) is 12.8. The van der Waals surface area contributed by atoms with Gasteiger partial charge in [-0.05, 0) is 24.6 Å². The Balaban J connectivity index is 2.30. The van der Waals surface area contributed by atoms with E-state index in [0.717, 1.165) is 0 Å². The van der Waals surface area contributed by atoms with Crippen molar-refractivity contribution in [3.8, 4) is 0 Å². The molecule has 0 bridgehead atoms. The van der Waals surface area contributed by atoms with E-state index < -0.39 is 5.82 Å². The Hall–Kier alpha value is -1.99. The topological polar surface area (TPSA) is 93.4 Å². The summed E-state index contributed by atoms with van der Waals surface area (Å²) in [6.07, 6.45) is -0.144. The first-order chi connectivity index (χ1) is 10.5. The quantitative estimate of drug-likeness (QED) is 0.604. The van der Waals surface area contributed by atoms with Gasteiger partial charge in [-0.3, -0.25) is 9.59 Å². The highest BCUT2D eigenvalue weighted by Gasteiger charge is 2.11. The van der Waals surface area contributed by atoms with Gasteiger partial charge in [-0.15, -0.1) is 0 Å². The lowest BCUT2D eigenvalue weighted by molar-refractivity contribution is -0.123. The van der Waals surface area contributed by atoms with Gasteiger partial charge >= 0.3 is 0 Å². The highest BCUT2D eigenvalue weighted by atomic mass is 19.1. The molecule has 1 aromatic carbocycles. The maximum absolute atomic E-state index is 13.4. The molecule has 0 saturated heterocycles. The van der Waals surface area contributed by atoms with Gasteiger partial charge in [0.05, 0.1) is 12.5 Å². The first-order valence-electron chi connectivity index (χ1n) is 7.01. The molecule has 6 nitrogen and oxygen atoms in total. The third kappa shape index (κ3) is 5.79. The maximum Gasteiger partial charge on any atom is 0.251 e. The van der Waals surface area contributed by atoms with Gasteiger partial charge in [0.25, 0.3) is 5.91 Å². The van der Waals surface area contributed by atoms with Gasteiger partial charge < -0.3 is 21.1 Å². The van der Waals surface area contributed by atoms with Crippen molar-refractivity contribution in [1.29, 1.82) is 0 Å². The number of rotatable bonds is 8. The van der Waals surface area contributed by atoms with Crippen molar-refractivity contribution in [1.82, 2.24) is 10.6 Å². The Labute approximate surface area is 129 Å². The third-order valence-corrected chi connectivity index (χ3v) is 3.18. The molecule has 1 atom stereocenters. The van der Waals surface area contributed by atoms with Crippen LogP contribution in [0.2, 0.25) is 0 Å². The number of benzene rings is 1. The summed E-state index contributed by atoms with van der Waals surface area (Å²) in [5.74, 6) is -1.01. The van der Waals surface area contributed by atoms with Crippen molar-refractivity contribution >= 4 is 11.8 Å². The number of hydrogen-bond donors (Lipinski definition) is 3. The molecular weight excluding hydrogens is 289 g/mol. The zero-order valence-corrected chi connectivity index (χ0v) is 12.8. The number of methoxy groups -OCH3 is 1. The van der Waals surface area contributed by atoms with Crippen LogP contribution in [0.5, 0.6) is 0 Å². The Morgan fingerprint density at radius 3 is 2.59 bits per heavy atom. The predicted molar refractivity (Wildman–Crippen MR) is 80.9 cm³/mol. The van der Waals surface area contributed by atoms with Crippen molar-refractivity contribution in [2.75, 3.05) is 26.7 Å². The van der Waals surface area contributed by atoms with Crippen LogP contribution in [0, 0.1) is 12.7 Å². The summed E-state index contributed by atoms with van der Waals surface area (Å²) in [6.45, 7) is 2.42. The predicted octanol–water partition coefficient (Wildman–Crippen LogP) is 0.344. The molecular formula is C15H22FN3O3. The molecule has 0 spiro atoms. The van der Waals surface area contributed by atoms with Gasteiger partial charge in [-0.2, -0.15) is 0 Å². The van der Waals surface area contributed by atoms with Gasteiger partial charge in [0.1, 0.15) is 5.82 Å². The van der Waals surface area contributed by atoms with Crippen LogP contribution < -0.4 is 16.4 Å². The van der Waals surface area contributed by atoms with Crippen LogP contribution in [0.15, 0.2) is 18.2 Å². The van der Waals surface area contributed by atoms with E-state index in [4.69, 9.17) is 10.5 Å². The van der Waals surface area contributed by atoms with Gasteiger partial charge in [-0.25, -0.2) is 4.39 Å². The number of amides is 2. The van der Waals surface area contributed by atoms with E-state index in [2.05, 4.69) is 10.6 Å². The molecule has 0 fully saturated rings. The van der Waals surface area contributed by atoms with E-state index >= 15 is 0 Å². The SMILES string of the molecule is COC(CN)CC(=O)NCCNC(=O)c1ccc(C)c(F)c1. The molecule has 0 aliphatic heterocycles. The normalized spacial score (nSPS) is 11.8. The summed E-state index contributed by atoms with van der Waals surface area (Å²) < 4.78 is 18.4. The van der Waals surface area contributed by atoms with E-state index in [-0.39, 0.29) is 49.5 Å². The standard InChI is InChI=1S/C15H22FN3O3/c1-10-3-4-11(7-13(10)16)15(21)19-6-5-18-14(20)8-12(9-17)22-2/h3-4,7,12H,5-6,8-9,17H2,1-2H3,(H,18,20)(H,19,21). The number of ether oxygens (including phenoxy) is 1. The Morgan fingerprint density at radius 2 is 2.00 bits per heavy atom. The van der Waals surface area contributed by atoms with E-state index in [1.807, 2.05) is 0 Å². The fourth-order valence-corrected chi connectivity index (χ4v) is 1.76. The summed E-state index contributed by atoms with van der Waals surface area (Å²) in [6, 6.07) is 4.29. The zero-order chi connectivity index (χ0) is 16.5. The van der Waals surface area contributed by atoms with Crippen LogP contribution in [0.4, 0.5) is 4.39 Å². The molecule has 0 aromatic heterocycles. The number of carbonyl (C=O) groups is 2. The second kappa shape index (κ2) is 9.11. The summed E-state index contributed by atoms with van der Waals surface area (Å²) in [5, 5.41) is 5.25. The van der Waals surface area contributed by atoms with Gasteiger partial charge in [0.15, 0.2) is 0 Å². The molecule has 0 aliphatic carbocycles. The minimum absolute atomic E-state index is 0.171. The van der Waals surface area contributed by atoms with E-state index in [1.54, 1.807) is 19.1 Å². The minimum atomic E-state index is -0.423. The molecule has 122 valence electrons. The number of halogens is 1. The number of nitrogens with one attached hydrogen (secondary N) is 2. The first-order valence-corrected chi connectivity index (χ1v) is 7.01. The summed E-state index contributed by atoms with van der Waals surface area (Å²) in [4.78, 5) is 23.4. The van der Waals surface area contributed by atoms with Crippen molar-refractivity contribution in [2.24, 2.45) is 5.73 Å². The Bertz CT molecular complexity index is 519. The monoisotopic (exact) mass is 311 g/mol. The second-order valence-electron chi connectivity index (χ2n) is 4.87. The molecule has 2 amide bonds. The average Bonchev–Trinajstić information content (AvgIpc) is 2.51. The van der Waals surface area contributed by atoms with Crippen LogP contribution in [0.1, 0.15) is 22.3 Å². The molecule has 4 N–H and O–H groups in total. The Kier molecular flexibility index (Phi) is 7.48. The minimum Gasteiger partial charge on any atom is -0.380 e. The van der Waals surface area contributed by atoms with Crippen molar-refractivity contribution in [3.05, 3.63) is 35.1 Å². The number of carbonyl (C=O) groups excluding carboxylic acids is 2. The first kappa shape index (κ1) is 18.1. The molecule has 0 radical (unpaired) electrons. The molecule has 22 heavy (non-hydrogen) atoms. The number of hydrogen-bond acceptors (Lipinski definition) is 4. The highest BCUT2D eigenvalue weighted by Crippen LogP contribution is 2.08. The number of nitrogens with two attached hydrogens (primary N) is 1. The summed E-state index contributed by atoms with van der Waals surface area (Å²) in [7, 11) is 1.49. The molecule has 0 heterocycles. The molecule has 1 aromatic rings. The van der Waals surface area contributed by atoms with Crippen molar-refractivity contribution in [3.63, 3.8) is 0 Å². The van der Waals surface area contributed by atoms with Crippen molar-refractivity contribution < 1.29 is 18.7 Å². The third-order valence-electron chi connectivity index (χ3n) is 3.18. The van der Waals surface area contributed by atoms with Gasteiger partial charge in [0.2, 0.25) is 5.91 Å². The molecule has 0 aliphatic rings. The van der Waals surface area contributed by atoms with Crippen LogP contribution >= 0.6 is 0 Å². The molecule has 1 unspecified atom stereocenters. The van der Waals surface area contributed by atoms with Crippen LogP contribution in [-0.2, 0) is 9.53 Å². The van der Waals surface area contributed by atoms with E-state index in [9.17, 15) is 14.0 Å². The largest absolute Gasteiger partial charge is 0.380 e. The lowest BCUT2D eigenvalue weighted by Crippen LogP contribution is -2.37. The van der Waals surface area contributed by atoms with Crippen LogP contribution in [0.3, 0.4) is 0 Å². The average molecular weight is 311 g/mol. The van der Waals surface area contributed by atoms with Crippen LogP contribution in [-0.4, -0.2) is 44.7 Å². The molecule has 7 heteroatoms. The summed E-state index contributed by atoms with van der Waals surface area (Å²) in [5.41, 5.74) is 6.15. The van der Waals surface area contributed by atoms with Crippen molar-refractivity contribution in [2.45, 2.75) is 19.4 Å². The molecule has 0 saturated carbocycles. The number of aryl methyl sites for hydroxylation is 1. The lowest BCUT2D eigenvalue weighted by Gasteiger charge is -2.12. The summed E-state index contributed by atoms with van der Waals surface area (Å²) >= 11 is 0. The Morgan fingerprint density at radius 1 is 1.32 bits per heavy atom. The van der Waals surface area contributed by atoms with Gasteiger partial charge in [-0.1, -0.05) is 6.07 Å². The van der Waals surface area contributed by atoms with Gasteiger partial charge in [0, 0.05) is 32.3 Å². The molecule has 1 rings (SSSR count). The lowest BCUT2D eigenvalue weighted by atomic mass is 10.1. The fourth-order valence-electron chi connectivity index (χ4n) is 1.76. The van der Waals surface area contributed by atoms with E-state index in [1.165, 1.54) is 13.2 Å². The smallest absolute Gasteiger partial charge is 0.251 e. The van der Waals surface area contributed by atoms with E-state index in [0.29, 0.717) is 5.56 Å². The van der Waals surface area contributed by atoms with Crippen LogP contribution in [0.25, 0.3) is 0 Å². The highest BCUT2D eigenvalue weighted by molar-refractivity contribution is 5.94. The maximum atomic E-state index is 13.4. The fraction of sp³-hybridized carbons (Fsp3) is 0.467.